The Kier molecular flexibility index (Phi) is 7.45. The number of thioether (sulfide) groups is 1. The molecular formula is C20H21ClN2O7S. The molecule has 0 aliphatic carbocycles. The van der Waals surface area contributed by atoms with Gasteiger partial charge < -0.3 is 19.5 Å². The number of hydrogen-bond donors (Lipinski definition) is 1. The summed E-state index contributed by atoms with van der Waals surface area (Å²) in [7, 11) is 1.36. The topological polar surface area (TPSA) is 113 Å². The third-order valence-corrected chi connectivity index (χ3v) is 5.95. The molecule has 31 heavy (non-hydrogen) atoms. The molecule has 0 saturated carbocycles. The minimum atomic E-state index is -1.17. The highest BCUT2D eigenvalue weighted by Crippen LogP contribution is 2.39. The zero-order valence-corrected chi connectivity index (χ0v) is 18.3. The largest absolute Gasteiger partial charge is 0.493 e. The number of nitrogens with zero attached hydrogens (tertiary/aromatic N) is 2. The molecule has 1 aromatic rings. The monoisotopic (exact) mass is 468 g/mol. The molecule has 1 N–H and O–H groups in total. The number of benzene rings is 1. The molecule has 0 atom stereocenters. The van der Waals surface area contributed by atoms with Crippen LogP contribution in [0, 0.1) is 0 Å². The van der Waals surface area contributed by atoms with Gasteiger partial charge in [-0.1, -0.05) is 11.6 Å². The number of carbonyl (C=O) groups excluding carboxylic acids is 3. The molecular weight excluding hydrogens is 448 g/mol. The number of rotatable bonds is 7. The molecule has 2 heterocycles. The maximum absolute atomic E-state index is 12.7. The van der Waals surface area contributed by atoms with Crippen LogP contribution in [0.2, 0.25) is 5.02 Å². The van der Waals surface area contributed by atoms with Gasteiger partial charge in [0.15, 0.2) is 18.1 Å². The van der Waals surface area contributed by atoms with Crippen LogP contribution >= 0.6 is 23.4 Å². The van der Waals surface area contributed by atoms with Crippen LogP contribution < -0.4 is 9.47 Å². The van der Waals surface area contributed by atoms with Crippen LogP contribution in [0.15, 0.2) is 17.0 Å². The van der Waals surface area contributed by atoms with Crippen LogP contribution in [0.3, 0.4) is 0 Å². The van der Waals surface area contributed by atoms with Gasteiger partial charge in [-0.3, -0.25) is 19.3 Å². The number of carbonyl (C=O) groups is 4. The van der Waals surface area contributed by atoms with E-state index in [0.29, 0.717) is 18.7 Å². The highest BCUT2D eigenvalue weighted by Gasteiger charge is 2.37. The Labute approximate surface area is 187 Å². The smallest absolute Gasteiger partial charge is 0.341 e. The summed E-state index contributed by atoms with van der Waals surface area (Å²) in [4.78, 5) is 51.0. The lowest BCUT2D eigenvalue weighted by Crippen LogP contribution is -2.44. The van der Waals surface area contributed by atoms with Crippen molar-refractivity contribution in [2.75, 3.05) is 33.4 Å². The molecule has 3 amide bonds. The highest BCUT2D eigenvalue weighted by atomic mass is 35.5. The van der Waals surface area contributed by atoms with Crippen molar-refractivity contribution in [3.63, 3.8) is 0 Å². The molecule has 11 heteroatoms. The van der Waals surface area contributed by atoms with E-state index in [1.165, 1.54) is 25.3 Å². The number of ether oxygens (including phenoxy) is 2. The molecule has 0 unspecified atom stereocenters. The van der Waals surface area contributed by atoms with Crippen molar-refractivity contribution in [2.45, 2.75) is 19.3 Å². The average Bonchev–Trinajstić information content (AvgIpc) is 3.00. The van der Waals surface area contributed by atoms with E-state index in [-0.39, 0.29) is 33.9 Å². The predicted octanol–water partition coefficient (Wildman–Crippen LogP) is 2.86. The molecule has 1 aromatic carbocycles. The van der Waals surface area contributed by atoms with Gasteiger partial charge in [0.2, 0.25) is 5.91 Å². The van der Waals surface area contributed by atoms with Gasteiger partial charge in [-0.15, -0.1) is 0 Å². The lowest BCUT2D eigenvalue weighted by molar-refractivity contribution is -0.139. The Morgan fingerprint density at radius 1 is 1.23 bits per heavy atom. The quantitative estimate of drug-likeness (QED) is 0.608. The van der Waals surface area contributed by atoms with Gasteiger partial charge in [0.25, 0.3) is 11.1 Å². The zero-order valence-electron chi connectivity index (χ0n) is 16.8. The molecule has 2 fully saturated rings. The first kappa shape index (κ1) is 23.0. The van der Waals surface area contributed by atoms with E-state index in [0.717, 1.165) is 35.9 Å². The summed E-state index contributed by atoms with van der Waals surface area (Å²) >= 11 is 6.92. The lowest BCUT2D eigenvalue weighted by atomic mass is 10.1. The number of carboxylic acids is 1. The third-order valence-electron chi connectivity index (χ3n) is 4.77. The number of hydrogen-bond acceptors (Lipinski definition) is 7. The Hall–Kier alpha value is -2.72. The number of amides is 3. The molecule has 0 radical (unpaired) electrons. The van der Waals surface area contributed by atoms with Crippen LogP contribution in [0.25, 0.3) is 6.08 Å². The van der Waals surface area contributed by atoms with Gasteiger partial charge in [0, 0.05) is 13.1 Å². The van der Waals surface area contributed by atoms with Crippen molar-refractivity contribution in [3.05, 3.63) is 27.6 Å². The van der Waals surface area contributed by atoms with E-state index in [2.05, 4.69) is 0 Å². The number of methoxy groups -OCH3 is 1. The van der Waals surface area contributed by atoms with Crippen molar-refractivity contribution in [2.24, 2.45) is 0 Å². The molecule has 0 spiro atoms. The maximum atomic E-state index is 12.7. The molecule has 0 aromatic heterocycles. The van der Waals surface area contributed by atoms with E-state index < -0.39 is 23.7 Å². The van der Waals surface area contributed by atoms with Gasteiger partial charge in [0.1, 0.15) is 6.54 Å². The first-order valence-corrected chi connectivity index (χ1v) is 10.7. The second kappa shape index (κ2) is 10.1. The molecule has 9 nitrogen and oxygen atoms in total. The zero-order chi connectivity index (χ0) is 22.5. The molecule has 0 bridgehead atoms. The predicted molar refractivity (Wildman–Crippen MR) is 114 cm³/mol. The van der Waals surface area contributed by atoms with Gasteiger partial charge in [0.05, 0.1) is 17.0 Å². The summed E-state index contributed by atoms with van der Waals surface area (Å²) in [5, 5.41) is 8.35. The lowest BCUT2D eigenvalue weighted by Gasteiger charge is -2.27. The SMILES string of the molecule is COc1cc(C=C2SC(=O)N(CC(=O)N3CCCCC3)C2=O)cc(Cl)c1OCC(=O)O. The summed E-state index contributed by atoms with van der Waals surface area (Å²) in [5.74, 6) is -1.73. The fourth-order valence-electron chi connectivity index (χ4n) is 3.26. The van der Waals surface area contributed by atoms with Crippen molar-refractivity contribution in [1.29, 1.82) is 0 Å². The Morgan fingerprint density at radius 3 is 2.58 bits per heavy atom. The Morgan fingerprint density at radius 2 is 1.94 bits per heavy atom. The first-order chi connectivity index (χ1) is 14.8. The minimum absolute atomic E-state index is 0.0592. The number of halogens is 1. The van der Waals surface area contributed by atoms with Crippen molar-refractivity contribution >= 4 is 52.5 Å². The third kappa shape index (κ3) is 5.50. The van der Waals surface area contributed by atoms with E-state index in [1.54, 1.807) is 4.90 Å². The van der Waals surface area contributed by atoms with Gasteiger partial charge in [-0.2, -0.15) is 0 Å². The normalized spacial score (nSPS) is 17.9. The Balaban J connectivity index is 1.76. The van der Waals surface area contributed by atoms with Gasteiger partial charge >= 0.3 is 5.97 Å². The second-order valence-electron chi connectivity index (χ2n) is 6.93. The highest BCUT2D eigenvalue weighted by molar-refractivity contribution is 8.18. The summed E-state index contributed by atoms with van der Waals surface area (Å²) in [6.45, 7) is 0.395. The van der Waals surface area contributed by atoms with Gasteiger partial charge in [-0.05, 0) is 54.8 Å². The van der Waals surface area contributed by atoms with Crippen molar-refractivity contribution < 1.29 is 33.8 Å². The summed E-state index contributed by atoms with van der Waals surface area (Å²) in [6.07, 6.45) is 4.37. The van der Waals surface area contributed by atoms with E-state index in [1.807, 2.05) is 0 Å². The molecule has 2 aliphatic heterocycles. The Bertz CT molecular complexity index is 944. The fraction of sp³-hybridized carbons (Fsp3) is 0.400. The van der Waals surface area contributed by atoms with Crippen LogP contribution in [0.1, 0.15) is 24.8 Å². The van der Waals surface area contributed by atoms with E-state index >= 15 is 0 Å². The van der Waals surface area contributed by atoms with E-state index in [4.69, 9.17) is 26.2 Å². The molecule has 2 saturated heterocycles. The fourth-order valence-corrected chi connectivity index (χ4v) is 4.38. The number of likely N-dealkylation sites (tertiary alicyclic amines) is 1. The molecule has 166 valence electrons. The second-order valence-corrected chi connectivity index (χ2v) is 8.33. The minimum Gasteiger partial charge on any atom is -0.493 e. The summed E-state index contributed by atoms with van der Waals surface area (Å²) in [5.41, 5.74) is 0.456. The number of imide groups is 1. The van der Waals surface area contributed by atoms with Crippen molar-refractivity contribution in [1.82, 2.24) is 9.80 Å². The summed E-state index contributed by atoms with van der Waals surface area (Å²) < 4.78 is 10.3. The number of aliphatic carboxylic acids is 1. The van der Waals surface area contributed by atoms with Crippen LogP contribution in [0.4, 0.5) is 4.79 Å². The maximum Gasteiger partial charge on any atom is 0.341 e. The standard InChI is InChI=1S/C20H21ClN2O7S/c1-29-14-8-12(7-13(21)18(14)30-11-17(25)26)9-15-19(27)23(20(28)31-15)10-16(24)22-5-3-2-4-6-22/h7-9H,2-6,10-11H2,1H3,(H,25,26). The number of piperidine rings is 1. The van der Waals surface area contributed by atoms with Gasteiger partial charge in [-0.25, -0.2) is 4.79 Å². The van der Waals surface area contributed by atoms with Crippen LogP contribution in [-0.4, -0.2) is 71.3 Å². The van der Waals surface area contributed by atoms with Crippen molar-refractivity contribution in [3.8, 4) is 11.5 Å². The molecule has 2 aliphatic rings. The van der Waals surface area contributed by atoms with Crippen LogP contribution in [-0.2, 0) is 14.4 Å². The van der Waals surface area contributed by atoms with E-state index in [9.17, 15) is 19.2 Å². The molecule has 3 rings (SSSR count). The first-order valence-electron chi connectivity index (χ1n) is 9.55. The summed E-state index contributed by atoms with van der Waals surface area (Å²) in [6, 6.07) is 2.98. The number of carboxylic acid groups (broad SMARTS) is 1. The van der Waals surface area contributed by atoms with Crippen LogP contribution in [0.5, 0.6) is 11.5 Å². The average molecular weight is 469 g/mol.